The van der Waals surface area contributed by atoms with Crippen LogP contribution in [0.4, 0.5) is 0 Å². The van der Waals surface area contributed by atoms with E-state index < -0.39 is 0 Å². The van der Waals surface area contributed by atoms with E-state index >= 15 is 0 Å². The Balaban J connectivity index is 1.32. The zero-order valence-electron chi connectivity index (χ0n) is 21.0. The van der Waals surface area contributed by atoms with E-state index in [1.165, 1.54) is 70.6 Å². The van der Waals surface area contributed by atoms with Crippen molar-refractivity contribution in [2.24, 2.45) is 53.3 Å². The Labute approximate surface area is 188 Å². The number of rotatable bonds is 7. The van der Waals surface area contributed by atoms with Gasteiger partial charge in [0.2, 0.25) is 0 Å². The summed E-state index contributed by atoms with van der Waals surface area (Å²) in [4.78, 5) is 0. The molecule has 1 aliphatic heterocycles. The van der Waals surface area contributed by atoms with Gasteiger partial charge in [-0.15, -0.1) is 0 Å². The molecule has 0 aromatic heterocycles. The fourth-order valence-electron chi connectivity index (χ4n) is 8.93. The maximum Gasteiger partial charge on any atom is 0.0101 e. The SMILES string of the molecule is CC(C)CCCC(C)CC1CCC2NC3CCC(C4C(C)CCCC4C)CC3C2C1. The molecule has 1 heteroatoms. The molecule has 3 aliphatic carbocycles. The summed E-state index contributed by atoms with van der Waals surface area (Å²) in [6.45, 7) is 12.5. The van der Waals surface area contributed by atoms with Crippen LogP contribution in [0.2, 0.25) is 0 Å². The molecule has 3 saturated carbocycles. The second-order valence-electron chi connectivity index (χ2n) is 13.1. The lowest BCUT2D eigenvalue weighted by Gasteiger charge is -2.45. The highest BCUT2D eigenvalue weighted by molar-refractivity contribution is 5.04. The third kappa shape index (κ3) is 5.29. The van der Waals surface area contributed by atoms with Crippen LogP contribution in [0.25, 0.3) is 0 Å². The summed E-state index contributed by atoms with van der Waals surface area (Å²) in [7, 11) is 0. The van der Waals surface area contributed by atoms with Crippen LogP contribution in [0.15, 0.2) is 0 Å². The van der Waals surface area contributed by atoms with Gasteiger partial charge in [0.1, 0.15) is 0 Å². The van der Waals surface area contributed by atoms with Crippen LogP contribution in [-0.2, 0) is 0 Å². The molecule has 4 rings (SSSR count). The predicted octanol–water partition coefficient (Wildman–Crippen LogP) is 8.08. The van der Waals surface area contributed by atoms with E-state index in [-0.39, 0.29) is 0 Å². The molecule has 1 saturated heterocycles. The lowest BCUT2D eigenvalue weighted by atomic mass is 9.60. The zero-order chi connectivity index (χ0) is 21.3. The fourth-order valence-corrected chi connectivity index (χ4v) is 8.93. The molecule has 0 aromatic carbocycles. The molecular weight excluding hydrogens is 362 g/mol. The van der Waals surface area contributed by atoms with Crippen LogP contribution in [0, 0.1) is 53.3 Å². The molecule has 0 aromatic rings. The smallest absolute Gasteiger partial charge is 0.0101 e. The molecule has 1 N–H and O–H groups in total. The lowest BCUT2D eigenvalue weighted by molar-refractivity contribution is 0.0537. The third-order valence-electron chi connectivity index (χ3n) is 10.3. The van der Waals surface area contributed by atoms with Gasteiger partial charge in [-0.3, -0.25) is 0 Å². The first-order valence-corrected chi connectivity index (χ1v) is 14.2. The molecule has 174 valence electrons. The molecule has 9 atom stereocenters. The van der Waals surface area contributed by atoms with Gasteiger partial charge in [0.15, 0.2) is 0 Å². The Morgan fingerprint density at radius 1 is 0.767 bits per heavy atom. The number of nitrogens with one attached hydrogen (secondary N) is 1. The average molecular weight is 416 g/mol. The van der Waals surface area contributed by atoms with Crippen LogP contribution >= 0.6 is 0 Å². The minimum atomic E-state index is 0.868. The predicted molar refractivity (Wildman–Crippen MR) is 131 cm³/mol. The normalized spacial score (nSPS) is 45.2. The molecule has 0 bridgehead atoms. The van der Waals surface area contributed by atoms with Crippen molar-refractivity contribution in [2.45, 2.75) is 130 Å². The summed E-state index contributed by atoms with van der Waals surface area (Å²) >= 11 is 0. The van der Waals surface area contributed by atoms with Gasteiger partial charge in [0.25, 0.3) is 0 Å². The van der Waals surface area contributed by atoms with Crippen LogP contribution in [0.5, 0.6) is 0 Å². The van der Waals surface area contributed by atoms with Crippen molar-refractivity contribution >= 4 is 0 Å². The van der Waals surface area contributed by atoms with Gasteiger partial charge in [0.05, 0.1) is 0 Å². The fraction of sp³-hybridized carbons (Fsp3) is 1.00. The van der Waals surface area contributed by atoms with Gasteiger partial charge in [-0.05, 0) is 98.2 Å². The quantitative estimate of drug-likeness (QED) is 0.443. The Morgan fingerprint density at radius 3 is 2.13 bits per heavy atom. The van der Waals surface area contributed by atoms with Crippen molar-refractivity contribution in [3.63, 3.8) is 0 Å². The molecule has 30 heavy (non-hydrogen) atoms. The largest absolute Gasteiger partial charge is 0.311 e. The van der Waals surface area contributed by atoms with Crippen molar-refractivity contribution in [1.29, 1.82) is 0 Å². The molecule has 0 spiro atoms. The number of hydrogen-bond acceptors (Lipinski definition) is 1. The van der Waals surface area contributed by atoms with Crippen LogP contribution < -0.4 is 5.32 Å². The standard InChI is InChI=1S/C29H53N/c1-19(2)8-6-9-20(3)16-23-12-14-27-25(17-23)26-18-24(13-15-28(26)30-27)29-21(4)10-7-11-22(29)5/h19-30H,6-18H2,1-5H3. The van der Waals surface area contributed by atoms with E-state index in [0.717, 1.165) is 65.3 Å². The highest BCUT2D eigenvalue weighted by Gasteiger charge is 2.49. The monoisotopic (exact) mass is 415 g/mol. The van der Waals surface area contributed by atoms with Crippen molar-refractivity contribution in [1.82, 2.24) is 5.32 Å². The van der Waals surface area contributed by atoms with E-state index in [9.17, 15) is 0 Å². The molecule has 4 aliphatic rings. The molecule has 0 radical (unpaired) electrons. The van der Waals surface area contributed by atoms with Gasteiger partial charge in [-0.2, -0.15) is 0 Å². The van der Waals surface area contributed by atoms with Gasteiger partial charge in [-0.1, -0.05) is 73.1 Å². The van der Waals surface area contributed by atoms with Gasteiger partial charge >= 0.3 is 0 Å². The summed E-state index contributed by atoms with van der Waals surface area (Å²) in [5, 5.41) is 4.16. The Morgan fingerprint density at radius 2 is 1.43 bits per heavy atom. The summed E-state index contributed by atoms with van der Waals surface area (Å²) in [6.07, 6.45) is 19.4. The van der Waals surface area contributed by atoms with Crippen molar-refractivity contribution in [2.75, 3.05) is 0 Å². The lowest BCUT2D eigenvalue weighted by Crippen LogP contribution is -2.40. The molecule has 1 heterocycles. The summed E-state index contributed by atoms with van der Waals surface area (Å²) in [5.41, 5.74) is 0. The second-order valence-corrected chi connectivity index (χ2v) is 13.1. The van der Waals surface area contributed by atoms with Crippen LogP contribution in [0.1, 0.15) is 118 Å². The average Bonchev–Trinajstić information content (AvgIpc) is 3.05. The molecule has 0 amide bonds. The van der Waals surface area contributed by atoms with E-state index in [4.69, 9.17) is 0 Å². The maximum absolute atomic E-state index is 4.16. The van der Waals surface area contributed by atoms with E-state index in [1.807, 2.05) is 0 Å². The molecule has 1 nitrogen and oxygen atoms in total. The number of fused-ring (bicyclic) bond motifs is 3. The van der Waals surface area contributed by atoms with E-state index in [2.05, 4.69) is 39.9 Å². The zero-order valence-corrected chi connectivity index (χ0v) is 21.0. The van der Waals surface area contributed by atoms with Gasteiger partial charge in [0, 0.05) is 12.1 Å². The molecule has 4 fully saturated rings. The Kier molecular flexibility index (Phi) is 7.92. The van der Waals surface area contributed by atoms with Crippen molar-refractivity contribution < 1.29 is 0 Å². The Bertz CT molecular complexity index is 516. The van der Waals surface area contributed by atoms with Crippen LogP contribution in [-0.4, -0.2) is 12.1 Å². The maximum atomic E-state index is 4.16. The minimum Gasteiger partial charge on any atom is -0.311 e. The summed E-state index contributed by atoms with van der Waals surface area (Å²) < 4.78 is 0. The van der Waals surface area contributed by atoms with E-state index in [0.29, 0.717) is 0 Å². The molecule has 9 unspecified atom stereocenters. The van der Waals surface area contributed by atoms with Gasteiger partial charge in [-0.25, -0.2) is 0 Å². The minimum absolute atomic E-state index is 0.868. The second kappa shape index (κ2) is 10.3. The topological polar surface area (TPSA) is 12.0 Å². The van der Waals surface area contributed by atoms with Gasteiger partial charge < -0.3 is 5.32 Å². The first kappa shape index (κ1) is 23.1. The van der Waals surface area contributed by atoms with Crippen LogP contribution in [0.3, 0.4) is 0 Å². The van der Waals surface area contributed by atoms with E-state index in [1.54, 1.807) is 12.8 Å². The van der Waals surface area contributed by atoms with Crippen molar-refractivity contribution in [3.8, 4) is 0 Å². The summed E-state index contributed by atoms with van der Waals surface area (Å²) in [6, 6.07) is 1.74. The first-order chi connectivity index (χ1) is 14.4. The molecular formula is C29H53N. The summed E-state index contributed by atoms with van der Waals surface area (Å²) in [5.74, 6) is 8.88. The number of hydrogen-bond donors (Lipinski definition) is 1. The Hall–Kier alpha value is -0.0400. The first-order valence-electron chi connectivity index (χ1n) is 14.2. The highest BCUT2D eigenvalue weighted by atomic mass is 15.0. The van der Waals surface area contributed by atoms with Crippen molar-refractivity contribution in [3.05, 3.63) is 0 Å². The third-order valence-corrected chi connectivity index (χ3v) is 10.3. The highest BCUT2D eigenvalue weighted by Crippen LogP contribution is 2.52.